The summed E-state index contributed by atoms with van der Waals surface area (Å²) in [5.74, 6) is 1.01. The Morgan fingerprint density at radius 1 is 1.00 bits per heavy atom. The van der Waals surface area contributed by atoms with Crippen LogP contribution in [0.4, 0.5) is 20.0 Å². The van der Waals surface area contributed by atoms with E-state index in [1.54, 1.807) is 43.1 Å². The van der Waals surface area contributed by atoms with Crippen molar-refractivity contribution in [1.29, 1.82) is 0 Å². The quantitative estimate of drug-likeness (QED) is 0.313. The van der Waals surface area contributed by atoms with Gasteiger partial charge in [-0.3, -0.25) is 5.32 Å². The largest absolute Gasteiger partial charge is 0.495 e. The molecule has 0 aliphatic carbocycles. The number of urea groups is 1. The number of aromatic nitrogens is 2. The SMILES string of the molecule is COc1ccccc1NC(=O)Nc1nnc(-c2ccccc2SCc2ccc(F)cc2)s1. The summed E-state index contributed by atoms with van der Waals surface area (Å²) in [6.07, 6.45) is 0. The first-order valence-electron chi connectivity index (χ1n) is 9.63. The maximum atomic E-state index is 13.1. The van der Waals surface area contributed by atoms with E-state index in [0.29, 0.717) is 27.3 Å². The van der Waals surface area contributed by atoms with Gasteiger partial charge in [0, 0.05) is 16.2 Å². The molecule has 3 aromatic carbocycles. The zero-order valence-electron chi connectivity index (χ0n) is 17.0. The van der Waals surface area contributed by atoms with Crippen LogP contribution in [0.2, 0.25) is 0 Å². The molecule has 2 N–H and O–H groups in total. The van der Waals surface area contributed by atoms with E-state index < -0.39 is 6.03 Å². The fourth-order valence-corrected chi connectivity index (χ4v) is 4.74. The second-order valence-corrected chi connectivity index (χ2v) is 8.60. The van der Waals surface area contributed by atoms with Crippen LogP contribution in [0.5, 0.6) is 5.75 Å². The van der Waals surface area contributed by atoms with E-state index >= 15 is 0 Å². The molecule has 0 spiro atoms. The van der Waals surface area contributed by atoms with Crippen molar-refractivity contribution >= 4 is 39.9 Å². The van der Waals surface area contributed by atoms with E-state index in [4.69, 9.17) is 4.74 Å². The normalized spacial score (nSPS) is 10.6. The molecule has 162 valence electrons. The minimum absolute atomic E-state index is 0.247. The number of nitrogens with one attached hydrogen (secondary N) is 2. The monoisotopic (exact) mass is 466 g/mol. The highest BCUT2D eigenvalue weighted by Gasteiger charge is 2.14. The summed E-state index contributed by atoms with van der Waals surface area (Å²) in [5, 5.41) is 14.9. The van der Waals surface area contributed by atoms with Crippen LogP contribution in [-0.4, -0.2) is 23.3 Å². The fourth-order valence-electron chi connectivity index (χ4n) is 2.89. The maximum absolute atomic E-state index is 13.1. The van der Waals surface area contributed by atoms with Crippen molar-refractivity contribution in [3.8, 4) is 16.3 Å². The highest BCUT2D eigenvalue weighted by Crippen LogP contribution is 2.36. The molecule has 4 aromatic rings. The Morgan fingerprint density at radius 2 is 1.75 bits per heavy atom. The first-order chi connectivity index (χ1) is 15.6. The molecule has 4 rings (SSSR count). The van der Waals surface area contributed by atoms with Gasteiger partial charge in [-0.25, -0.2) is 9.18 Å². The highest BCUT2D eigenvalue weighted by molar-refractivity contribution is 7.98. The standard InChI is InChI=1S/C23H19FN4O2S2/c1-30-19-8-4-3-7-18(19)25-22(29)26-23-28-27-21(32-23)17-6-2-5-9-20(17)31-14-15-10-12-16(24)13-11-15/h2-13H,14H2,1H3,(H2,25,26,28,29). The van der Waals surface area contributed by atoms with Crippen molar-refractivity contribution in [3.63, 3.8) is 0 Å². The van der Waals surface area contributed by atoms with Gasteiger partial charge in [0.05, 0.1) is 12.8 Å². The van der Waals surface area contributed by atoms with Gasteiger partial charge in [-0.05, 0) is 35.9 Å². The van der Waals surface area contributed by atoms with Crippen LogP contribution >= 0.6 is 23.1 Å². The van der Waals surface area contributed by atoms with Gasteiger partial charge in [-0.15, -0.1) is 22.0 Å². The molecule has 0 fully saturated rings. The Kier molecular flexibility index (Phi) is 6.98. The summed E-state index contributed by atoms with van der Waals surface area (Å²) in [7, 11) is 1.54. The number of halogens is 1. The Labute approximate surface area is 192 Å². The van der Waals surface area contributed by atoms with Gasteiger partial charge >= 0.3 is 6.03 Å². The van der Waals surface area contributed by atoms with Gasteiger partial charge in [-0.2, -0.15) is 0 Å². The zero-order valence-corrected chi connectivity index (χ0v) is 18.7. The molecule has 0 saturated carbocycles. The number of hydrogen-bond donors (Lipinski definition) is 2. The van der Waals surface area contributed by atoms with Crippen molar-refractivity contribution < 1.29 is 13.9 Å². The first kappa shape index (κ1) is 21.8. The van der Waals surface area contributed by atoms with E-state index in [-0.39, 0.29) is 5.82 Å². The molecule has 0 saturated heterocycles. The number of benzene rings is 3. The lowest BCUT2D eigenvalue weighted by Gasteiger charge is -2.09. The Hall–Kier alpha value is -3.43. The molecule has 0 aliphatic rings. The molecule has 0 bridgehead atoms. The van der Waals surface area contributed by atoms with Gasteiger partial charge in [0.15, 0.2) is 5.01 Å². The summed E-state index contributed by atoms with van der Waals surface area (Å²) < 4.78 is 18.4. The van der Waals surface area contributed by atoms with Gasteiger partial charge < -0.3 is 10.1 Å². The third kappa shape index (κ3) is 5.43. The number of carbonyl (C=O) groups excluding carboxylic acids is 1. The van der Waals surface area contributed by atoms with Crippen molar-refractivity contribution in [2.75, 3.05) is 17.7 Å². The molecule has 2 amide bonds. The second kappa shape index (κ2) is 10.3. The molecular weight excluding hydrogens is 447 g/mol. The number of carbonyl (C=O) groups is 1. The van der Waals surface area contributed by atoms with Crippen LogP contribution in [0.3, 0.4) is 0 Å². The van der Waals surface area contributed by atoms with Gasteiger partial charge in [0.1, 0.15) is 11.6 Å². The topological polar surface area (TPSA) is 76.1 Å². The van der Waals surface area contributed by atoms with Crippen LogP contribution in [-0.2, 0) is 5.75 Å². The van der Waals surface area contributed by atoms with Crippen molar-refractivity contribution in [3.05, 3.63) is 84.2 Å². The molecule has 0 unspecified atom stereocenters. The zero-order chi connectivity index (χ0) is 22.3. The molecule has 1 heterocycles. The molecule has 0 atom stereocenters. The van der Waals surface area contributed by atoms with Crippen molar-refractivity contribution in [1.82, 2.24) is 10.2 Å². The number of ether oxygens (including phenoxy) is 1. The second-order valence-electron chi connectivity index (χ2n) is 6.60. The van der Waals surface area contributed by atoms with Crippen molar-refractivity contribution in [2.24, 2.45) is 0 Å². The third-order valence-corrected chi connectivity index (χ3v) is 6.44. The Morgan fingerprint density at radius 3 is 2.56 bits per heavy atom. The smallest absolute Gasteiger partial charge is 0.325 e. The molecule has 1 aromatic heterocycles. The molecular formula is C23H19FN4O2S2. The number of thioether (sulfide) groups is 1. The average molecular weight is 467 g/mol. The number of rotatable bonds is 7. The molecule has 6 nitrogen and oxygen atoms in total. The molecule has 9 heteroatoms. The van der Waals surface area contributed by atoms with Crippen molar-refractivity contribution in [2.45, 2.75) is 10.6 Å². The highest BCUT2D eigenvalue weighted by atomic mass is 32.2. The van der Waals surface area contributed by atoms with Gasteiger partial charge in [-0.1, -0.05) is 53.8 Å². The van der Waals surface area contributed by atoms with Crippen LogP contribution in [0, 0.1) is 5.82 Å². The number of para-hydroxylation sites is 2. The average Bonchev–Trinajstić information content (AvgIpc) is 3.27. The summed E-state index contributed by atoms with van der Waals surface area (Å²) >= 11 is 2.92. The van der Waals surface area contributed by atoms with Crippen LogP contribution in [0.15, 0.2) is 77.7 Å². The predicted octanol–water partition coefficient (Wildman–Crippen LogP) is 6.29. The van der Waals surface area contributed by atoms with E-state index in [9.17, 15) is 9.18 Å². The lowest BCUT2D eigenvalue weighted by molar-refractivity contribution is 0.262. The summed E-state index contributed by atoms with van der Waals surface area (Å²) in [6, 6.07) is 21.0. The summed E-state index contributed by atoms with van der Waals surface area (Å²) in [5.41, 5.74) is 2.51. The third-order valence-electron chi connectivity index (χ3n) is 4.43. The van der Waals surface area contributed by atoms with E-state index in [0.717, 1.165) is 16.0 Å². The van der Waals surface area contributed by atoms with E-state index in [1.165, 1.54) is 23.5 Å². The Balaban J connectivity index is 1.44. The summed E-state index contributed by atoms with van der Waals surface area (Å²) in [4.78, 5) is 13.4. The minimum Gasteiger partial charge on any atom is -0.495 e. The fraction of sp³-hybridized carbons (Fsp3) is 0.0870. The van der Waals surface area contributed by atoms with Crippen LogP contribution < -0.4 is 15.4 Å². The lowest BCUT2D eigenvalue weighted by Crippen LogP contribution is -2.19. The molecule has 32 heavy (non-hydrogen) atoms. The number of methoxy groups -OCH3 is 1. The minimum atomic E-state index is -0.434. The Bertz CT molecular complexity index is 1210. The van der Waals surface area contributed by atoms with Gasteiger partial charge in [0.25, 0.3) is 0 Å². The number of nitrogens with zero attached hydrogens (tertiary/aromatic N) is 2. The first-order valence-corrected chi connectivity index (χ1v) is 11.4. The predicted molar refractivity (Wildman–Crippen MR) is 127 cm³/mol. The molecule has 0 aliphatic heterocycles. The van der Waals surface area contributed by atoms with E-state index in [1.807, 2.05) is 36.4 Å². The van der Waals surface area contributed by atoms with E-state index in [2.05, 4.69) is 20.8 Å². The maximum Gasteiger partial charge on any atom is 0.325 e. The number of anilines is 2. The molecule has 0 radical (unpaired) electrons. The van der Waals surface area contributed by atoms with Gasteiger partial charge in [0.2, 0.25) is 5.13 Å². The summed E-state index contributed by atoms with van der Waals surface area (Å²) in [6.45, 7) is 0. The lowest BCUT2D eigenvalue weighted by atomic mass is 10.2. The van der Waals surface area contributed by atoms with Crippen LogP contribution in [0.1, 0.15) is 5.56 Å². The number of amides is 2. The number of hydrogen-bond acceptors (Lipinski definition) is 6. The van der Waals surface area contributed by atoms with Crippen LogP contribution in [0.25, 0.3) is 10.6 Å².